The van der Waals surface area contributed by atoms with Gasteiger partial charge in [-0.05, 0) is 32.4 Å². The lowest BCUT2D eigenvalue weighted by Gasteiger charge is -2.04. The molecule has 3 N–H and O–H groups in total. The molecule has 0 aliphatic carbocycles. The number of hydrogen-bond donors (Lipinski definition) is 2. The molecule has 0 saturated carbocycles. The number of carbonyl (C=O) groups excluding carboxylic acids is 1. The highest BCUT2D eigenvalue weighted by Crippen LogP contribution is 1.97. The Labute approximate surface area is 61.1 Å². The molecular weight excluding hydrogens is 128 g/mol. The summed E-state index contributed by atoms with van der Waals surface area (Å²) < 4.78 is 0. The number of ketones is 1. The molecular formula is C7H14N2O. The lowest BCUT2D eigenvalue weighted by atomic mass is 10.1. The van der Waals surface area contributed by atoms with Crippen LogP contribution in [-0.4, -0.2) is 18.0 Å². The van der Waals surface area contributed by atoms with Crippen LogP contribution in [0, 0.1) is 5.41 Å². The Hall–Kier alpha value is -0.700. The summed E-state index contributed by atoms with van der Waals surface area (Å²) >= 11 is 0. The van der Waals surface area contributed by atoms with Gasteiger partial charge in [0.2, 0.25) is 0 Å². The third kappa shape index (κ3) is 4.21. The molecule has 0 fully saturated rings. The van der Waals surface area contributed by atoms with Gasteiger partial charge in [0, 0.05) is 0 Å². The van der Waals surface area contributed by atoms with Crippen molar-refractivity contribution in [3.63, 3.8) is 0 Å². The van der Waals surface area contributed by atoms with E-state index in [0.717, 1.165) is 12.8 Å². The molecule has 58 valence electrons. The van der Waals surface area contributed by atoms with Gasteiger partial charge in [0.15, 0.2) is 0 Å². The van der Waals surface area contributed by atoms with Crippen LogP contribution in [0.4, 0.5) is 0 Å². The number of unbranched alkanes of at least 4 members (excludes halogenated alkanes) is 1. The molecule has 0 heterocycles. The van der Waals surface area contributed by atoms with Crippen molar-refractivity contribution in [2.24, 2.45) is 5.73 Å². The molecule has 0 rings (SSSR count). The van der Waals surface area contributed by atoms with Crippen molar-refractivity contribution in [2.45, 2.75) is 32.2 Å². The summed E-state index contributed by atoms with van der Waals surface area (Å²) in [6.07, 6.45) is 3.60. The molecule has 10 heavy (non-hydrogen) atoms. The van der Waals surface area contributed by atoms with Crippen molar-refractivity contribution in [1.29, 1.82) is 5.41 Å². The molecule has 0 aliphatic rings. The minimum absolute atomic E-state index is 0.0324. The third-order valence-electron chi connectivity index (χ3n) is 1.39. The van der Waals surface area contributed by atoms with Crippen molar-refractivity contribution >= 4 is 12.0 Å². The van der Waals surface area contributed by atoms with E-state index >= 15 is 0 Å². The predicted octanol–water partition coefficient (Wildman–Crippen LogP) is 0.723. The lowest BCUT2D eigenvalue weighted by molar-refractivity contribution is -0.118. The van der Waals surface area contributed by atoms with Crippen LogP contribution in [0.2, 0.25) is 0 Å². The van der Waals surface area contributed by atoms with Crippen molar-refractivity contribution in [1.82, 2.24) is 0 Å². The molecule has 1 atom stereocenters. The van der Waals surface area contributed by atoms with Gasteiger partial charge < -0.3 is 11.1 Å². The Morgan fingerprint density at radius 2 is 2.40 bits per heavy atom. The zero-order valence-corrected chi connectivity index (χ0v) is 6.26. The van der Waals surface area contributed by atoms with Gasteiger partial charge in [-0.25, -0.2) is 0 Å². The number of hydrogen-bond acceptors (Lipinski definition) is 3. The monoisotopic (exact) mass is 142 g/mol. The van der Waals surface area contributed by atoms with E-state index < -0.39 is 0 Å². The molecule has 0 amide bonds. The fraction of sp³-hybridized carbons (Fsp3) is 0.714. The molecule has 0 aromatic carbocycles. The first-order valence-corrected chi connectivity index (χ1v) is 3.43. The Balaban J connectivity index is 3.30. The second-order valence-corrected chi connectivity index (χ2v) is 2.35. The van der Waals surface area contributed by atoms with Crippen LogP contribution < -0.4 is 5.73 Å². The molecule has 3 heteroatoms. The van der Waals surface area contributed by atoms with Gasteiger partial charge in [-0.15, -0.1) is 0 Å². The topological polar surface area (TPSA) is 66.9 Å². The SMILES string of the molecule is CC(=O)C(N)CCCC=N. The Kier molecular flexibility index (Phi) is 4.76. The summed E-state index contributed by atoms with van der Waals surface area (Å²) in [5.41, 5.74) is 5.43. The minimum Gasteiger partial charge on any atom is -0.322 e. The largest absolute Gasteiger partial charge is 0.322 e. The van der Waals surface area contributed by atoms with Gasteiger partial charge in [0.1, 0.15) is 5.78 Å². The van der Waals surface area contributed by atoms with Crippen LogP contribution in [-0.2, 0) is 4.79 Å². The summed E-state index contributed by atoms with van der Waals surface area (Å²) in [7, 11) is 0. The van der Waals surface area contributed by atoms with Crippen LogP contribution in [0.5, 0.6) is 0 Å². The maximum absolute atomic E-state index is 10.6. The van der Waals surface area contributed by atoms with E-state index in [1.165, 1.54) is 13.1 Å². The second-order valence-electron chi connectivity index (χ2n) is 2.35. The zero-order chi connectivity index (χ0) is 7.98. The number of carbonyl (C=O) groups is 1. The molecule has 0 aliphatic heterocycles. The average molecular weight is 142 g/mol. The van der Waals surface area contributed by atoms with Gasteiger partial charge >= 0.3 is 0 Å². The average Bonchev–Trinajstić information content (AvgIpc) is 1.88. The first-order chi connectivity index (χ1) is 4.68. The van der Waals surface area contributed by atoms with Gasteiger partial charge in [-0.2, -0.15) is 0 Å². The smallest absolute Gasteiger partial charge is 0.146 e. The number of Topliss-reactive ketones (excluding diaryl/α,β-unsaturated/α-hetero) is 1. The third-order valence-corrected chi connectivity index (χ3v) is 1.39. The maximum atomic E-state index is 10.6. The van der Waals surface area contributed by atoms with E-state index in [1.54, 1.807) is 0 Å². The van der Waals surface area contributed by atoms with E-state index in [-0.39, 0.29) is 11.8 Å². The molecule has 0 radical (unpaired) electrons. The Morgan fingerprint density at radius 1 is 1.80 bits per heavy atom. The van der Waals surface area contributed by atoms with Gasteiger partial charge in [0.25, 0.3) is 0 Å². The number of nitrogens with two attached hydrogens (primary N) is 1. The van der Waals surface area contributed by atoms with Crippen LogP contribution in [0.1, 0.15) is 26.2 Å². The van der Waals surface area contributed by atoms with Crippen molar-refractivity contribution in [3.05, 3.63) is 0 Å². The van der Waals surface area contributed by atoms with E-state index in [1.807, 2.05) is 0 Å². The molecule has 0 bridgehead atoms. The highest BCUT2D eigenvalue weighted by molar-refractivity contribution is 5.81. The summed E-state index contributed by atoms with van der Waals surface area (Å²) in [6.45, 7) is 1.50. The maximum Gasteiger partial charge on any atom is 0.146 e. The second kappa shape index (κ2) is 5.11. The van der Waals surface area contributed by atoms with Gasteiger partial charge in [0.05, 0.1) is 6.04 Å². The quantitative estimate of drug-likeness (QED) is 0.439. The number of nitrogens with one attached hydrogen (secondary N) is 1. The molecule has 3 nitrogen and oxygen atoms in total. The van der Waals surface area contributed by atoms with Crippen molar-refractivity contribution in [2.75, 3.05) is 0 Å². The predicted molar refractivity (Wildman–Crippen MR) is 41.3 cm³/mol. The highest BCUT2D eigenvalue weighted by Gasteiger charge is 2.05. The standard InChI is InChI=1S/C7H14N2O/c1-6(10)7(9)4-2-3-5-8/h5,7-8H,2-4,9H2,1H3. The van der Waals surface area contributed by atoms with Crippen LogP contribution in [0.25, 0.3) is 0 Å². The molecule has 0 aromatic rings. The van der Waals surface area contributed by atoms with E-state index in [0.29, 0.717) is 6.42 Å². The summed E-state index contributed by atoms with van der Waals surface area (Å²) in [4.78, 5) is 10.6. The molecule has 0 spiro atoms. The first kappa shape index (κ1) is 9.30. The van der Waals surface area contributed by atoms with Crippen molar-refractivity contribution < 1.29 is 4.79 Å². The first-order valence-electron chi connectivity index (χ1n) is 3.43. The fourth-order valence-corrected chi connectivity index (χ4v) is 0.643. The molecule has 0 saturated heterocycles. The van der Waals surface area contributed by atoms with Crippen LogP contribution in [0.3, 0.4) is 0 Å². The summed E-state index contributed by atoms with van der Waals surface area (Å²) in [6, 6.07) is -0.319. The lowest BCUT2D eigenvalue weighted by Crippen LogP contribution is -2.27. The Bertz CT molecular complexity index is 123. The molecule has 0 aromatic heterocycles. The zero-order valence-electron chi connectivity index (χ0n) is 6.26. The Morgan fingerprint density at radius 3 is 2.80 bits per heavy atom. The van der Waals surface area contributed by atoms with Crippen LogP contribution >= 0.6 is 0 Å². The number of rotatable bonds is 5. The minimum atomic E-state index is -0.319. The molecule has 1 unspecified atom stereocenters. The van der Waals surface area contributed by atoms with E-state index in [2.05, 4.69) is 0 Å². The van der Waals surface area contributed by atoms with Crippen LogP contribution in [0.15, 0.2) is 0 Å². The fourth-order valence-electron chi connectivity index (χ4n) is 0.643. The summed E-state index contributed by atoms with van der Waals surface area (Å²) in [5, 5.41) is 6.70. The normalized spacial score (nSPS) is 12.6. The van der Waals surface area contributed by atoms with Crippen molar-refractivity contribution in [3.8, 4) is 0 Å². The van der Waals surface area contributed by atoms with E-state index in [4.69, 9.17) is 11.1 Å². The summed E-state index contributed by atoms with van der Waals surface area (Å²) in [5.74, 6) is 0.0324. The highest BCUT2D eigenvalue weighted by atomic mass is 16.1. The van der Waals surface area contributed by atoms with E-state index in [9.17, 15) is 4.79 Å². The van der Waals surface area contributed by atoms with Gasteiger partial charge in [-0.3, -0.25) is 4.79 Å². The van der Waals surface area contributed by atoms with Gasteiger partial charge in [-0.1, -0.05) is 0 Å².